The van der Waals surface area contributed by atoms with Crippen LogP contribution in [-0.4, -0.2) is 33.4 Å². The zero-order chi connectivity index (χ0) is 25.2. The van der Waals surface area contributed by atoms with Crippen molar-refractivity contribution in [2.45, 2.75) is 61.4 Å². The Morgan fingerprint density at radius 2 is 1.73 bits per heavy atom. The lowest BCUT2D eigenvalue weighted by Crippen LogP contribution is -2.34. The van der Waals surface area contributed by atoms with E-state index in [-0.39, 0.29) is 18.0 Å². The van der Waals surface area contributed by atoms with Gasteiger partial charge in [-0.3, -0.25) is 19.1 Å². The molecule has 6 rings (SSSR count). The first-order chi connectivity index (χ1) is 18.2. The molecule has 1 fully saturated rings. The Bertz CT molecular complexity index is 1490. The predicted octanol–water partition coefficient (Wildman–Crippen LogP) is 5.72. The van der Waals surface area contributed by atoms with E-state index >= 15 is 0 Å². The Kier molecular flexibility index (Phi) is 7.13. The van der Waals surface area contributed by atoms with Crippen LogP contribution in [-0.2, 0) is 30.7 Å². The van der Waals surface area contributed by atoms with Crippen molar-refractivity contribution in [2.75, 3.05) is 18.4 Å². The summed E-state index contributed by atoms with van der Waals surface area (Å²) in [6.07, 6.45) is 6.54. The van der Waals surface area contributed by atoms with E-state index in [4.69, 9.17) is 4.98 Å². The molecule has 0 radical (unpaired) electrons. The zero-order valence-electron chi connectivity index (χ0n) is 20.7. The molecule has 1 N–H and O–H groups in total. The van der Waals surface area contributed by atoms with Gasteiger partial charge in [-0.1, -0.05) is 42.1 Å². The highest BCUT2D eigenvalue weighted by Gasteiger charge is 2.24. The second-order valence-electron chi connectivity index (χ2n) is 9.75. The first kappa shape index (κ1) is 24.4. The van der Waals surface area contributed by atoms with Crippen LogP contribution in [0.15, 0.2) is 69.2 Å². The van der Waals surface area contributed by atoms with Crippen molar-refractivity contribution in [2.24, 2.45) is 0 Å². The van der Waals surface area contributed by atoms with Gasteiger partial charge in [-0.15, -0.1) is 11.3 Å². The number of carbonyl (C=O) groups is 1. The van der Waals surface area contributed by atoms with Crippen molar-refractivity contribution in [3.05, 3.63) is 81.2 Å². The molecule has 8 heteroatoms. The number of para-hydroxylation sites is 1. The second-order valence-corrected chi connectivity index (χ2v) is 12.0. The highest BCUT2D eigenvalue weighted by molar-refractivity contribution is 7.99. The molecule has 190 valence electrons. The van der Waals surface area contributed by atoms with E-state index in [0.29, 0.717) is 12.4 Å². The molecule has 37 heavy (non-hydrogen) atoms. The third-order valence-electron chi connectivity index (χ3n) is 7.15. The minimum absolute atomic E-state index is 0.0418. The highest BCUT2D eigenvalue weighted by atomic mass is 32.2. The summed E-state index contributed by atoms with van der Waals surface area (Å²) in [4.78, 5) is 38.8. The standard InChI is InChI=1S/C29H30N4O2S2/c34-26(30-22-13-5-7-15-24(22)36-20-10-2-1-3-11-20)19-33-25(18-32-16-8-9-17-32)31-28-27(29(33)35)21-12-4-6-14-23(21)37-28/h1-3,5,7,10-11,13,15H,4,6,8-9,12,14,16-19H2,(H,30,34). The summed E-state index contributed by atoms with van der Waals surface area (Å²) in [6.45, 7) is 2.57. The van der Waals surface area contributed by atoms with Crippen LogP contribution in [0, 0.1) is 0 Å². The Labute approximate surface area is 224 Å². The molecule has 0 bridgehead atoms. The van der Waals surface area contributed by atoms with E-state index in [1.807, 2.05) is 42.5 Å². The highest BCUT2D eigenvalue weighted by Crippen LogP contribution is 2.35. The van der Waals surface area contributed by atoms with Gasteiger partial charge in [0.2, 0.25) is 5.91 Å². The number of hydrogen-bond acceptors (Lipinski definition) is 6. The average molecular weight is 531 g/mol. The maximum Gasteiger partial charge on any atom is 0.263 e. The number of aromatic nitrogens is 2. The molecular formula is C29H30N4O2S2. The summed E-state index contributed by atoms with van der Waals surface area (Å²) >= 11 is 3.28. The minimum Gasteiger partial charge on any atom is -0.323 e. The number of likely N-dealkylation sites (tertiary alicyclic amines) is 1. The number of amides is 1. The van der Waals surface area contributed by atoms with Gasteiger partial charge in [0.25, 0.3) is 5.56 Å². The van der Waals surface area contributed by atoms with Crippen molar-refractivity contribution in [3.63, 3.8) is 0 Å². The number of hydrogen-bond donors (Lipinski definition) is 1. The number of fused-ring (bicyclic) bond motifs is 3. The van der Waals surface area contributed by atoms with Crippen molar-refractivity contribution in [1.29, 1.82) is 0 Å². The van der Waals surface area contributed by atoms with E-state index in [2.05, 4.69) is 22.3 Å². The summed E-state index contributed by atoms with van der Waals surface area (Å²) in [5, 5.41) is 3.81. The van der Waals surface area contributed by atoms with Crippen molar-refractivity contribution >= 4 is 44.9 Å². The van der Waals surface area contributed by atoms with Gasteiger partial charge in [0, 0.05) is 14.7 Å². The van der Waals surface area contributed by atoms with Crippen LogP contribution in [0.5, 0.6) is 0 Å². The van der Waals surface area contributed by atoms with Gasteiger partial charge in [0.15, 0.2) is 0 Å². The lowest BCUT2D eigenvalue weighted by atomic mass is 9.97. The molecule has 0 saturated carbocycles. The fraction of sp³-hybridized carbons (Fsp3) is 0.345. The molecule has 0 spiro atoms. The Hall–Kier alpha value is -2.94. The normalized spacial score (nSPS) is 15.7. The number of anilines is 1. The summed E-state index contributed by atoms with van der Waals surface area (Å²) in [5.41, 5.74) is 1.84. The molecule has 4 aromatic rings. The molecule has 1 aliphatic carbocycles. The molecular weight excluding hydrogens is 500 g/mol. The van der Waals surface area contributed by atoms with Crippen molar-refractivity contribution in [1.82, 2.24) is 14.5 Å². The molecule has 2 aliphatic rings. The molecule has 6 nitrogen and oxygen atoms in total. The molecule has 2 aromatic carbocycles. The number of carbonyl (C=O) groups excluding carboxylic acids is 1. The molecule has 0 unspecified atom stereocenters. The number of aryl methyl sites for hydroxylation is 2. The smallest absolute Gasteiger partial charge is 0.263 e. The van der Waals surface area contributed by atoms with Gasteiger partial charge < -0.3 is 5.32 Å². The lowest BCUT2D eigenvalue weighted by Gasteiger charge is -2.19. The number of rotatable bonds is 7. The molecule has 3 heterocycles. The quantitative estimate of drug-likeness (QED) is 0.331. The summed E-state index contributed by atoms with van der Waals surface area (Å²) in [6, 6.07) is 17.9. The van der Waals surface area contributed by atoms with Gasteiger partial charge in [-0.25, -0.2) is 4.98 Å². The van der Waals surface area contributed by atoms with E-state index < -0.39 is 0 Å². The molecule has 2 aromatic heterocycles. The minimum atomic E-state index is -0.212. The topological polar surface area (TPSA) is 67.2 Å². The average Bonchev–Trinajstić information content (AvgIpc) is 3.56. The molecule has 0 atom stereocenters. The first-order valence-corrected chi connectivity index (χ1v) is 14.7. The maximum absolute atomic E-state index is 13.9. The molecule has 1 aliphatic heterocycles. The van der Waals surface area contributed by atoms with E-state index in [1.54, 1.807) is 27.7 Å². The maximum atomic E-state index is 13.9. The van der Waals surface area contributed by atoms with Gasteiger partial charge in [-0.05, 0) is 81.4 Å². The lowest BCUT2D eigenvalue weighted by molar-refractivity contribution is -0.116. The van der Waals surface area contributed by atoms with Gasteiger partial charge in [0.05, 0.1) is 17.6 Å². The number of thiophene rings is 1. The molecule has 1 saturated heterocycles. The fourth-order valence-electron chi connectivity index (χ4n) is 5.31. The number of benzene rings is 2. The van der Waals surface area contributed by atoms with Crippen LogP contribution >= 0.6 is 23.1 Å². The SMILES string of the molecule is O=C(Cn1c(CN2CCCC2)nc2sc3c(c2c1=O)CCCC3)Nc1ccccc1Sc1ccccc1. The second kappa shape index (κ2) is 10.8. The number of nitrogens with one attached hydrogen (secondary N) is 1. The Morgan fingerprint density at radius 1 is 0.973 bits per heavy atom. The fourth-order valence-corrected chi connectivity index (χ4v) is 7.51. The Balaban J connectivity index is 1.31. The first-order valence-electron chi connectivity index (χ1n) is 13.0. The molecule has 1 amide bonds. The monoisotopic (exact) mass is 530 g/mol. The van der Waals surface area contributed by atoms with Crippen LogP contribution in [0.4, 0.5) is 5.69 Å². The summed E-state index contributed by atoms with van der Waals surface area (Å²) in [7, 11) is 0. The van der Waals surface area contributed by atoms with Crippen LogP contribution < -0.4 is 10.9 Å². The van der Waals surface area contributed by atoms with E-state index in [9.17, 15) is 9.59 Å². The Morgan fingerprint density at radius 3 is 2.57 bits per heavy atom. The summed E-state index contributed by atoms with van der Waals surface area (Å²) in [5.74, 6) is 0.483. The van der Waals surface area contributed by atoms with Gasteiger partial charge >= 0.3 is 0 Å². The largest absolute Gasteiger partial charge is 0.323 e. The van der Waals surface area contributed by atoms with Crippen LogP contribution in [0.1, 0.15) is 41.9 Å². The third kappa shape index (κ3) is 5.23. The van der Waals surface area contributed by atoms with Crippen LogP contribution in [0.3, 0.4) is 0 Å². The summed E-state index contributed by atoms with van der Waals surface area (Å²) < 4.78 is 1.63. The van der Waals surface area contributed by atoms with E-state index in [0.717, 1.165) is 82.9 Å². The van der Waals surface area contributed by atoms with Crippen molar-refractivity contribution < 1.29 is 4.79 Å². The van der Waals surface area contributed by atoms with Crippen molar-refractivity contribution in [3.8, 4) is 0 Å². The predicted molar refractivity (Wildman–Crippen MR) is 151 cm³/mol. The third-order valence-corrected chi connectivity index (χ3v) is 9.42. The van der Waals surface area contributed by atoms with Gasteiger partial charge in [0.1, 0.15) is 17.2 Å². The number of nitrogens with zero attached hydrogens (tertiary/aromatic N) is 3. The zero-order valence-corrected chi connectivity index (χ0v) is 22.4. The van der Waals surface area contributed by atoms with Crippen LogP contribution in [0.2, 0.25) is 0 Å². The van der Waals surface area contributed by atoms with E-state index in [1.165, 1.54) is 4.88 Å². The van der Waals surface area contributed by atoms with Crippen LogP contribution in [0.25, 0.3) is 10.2 Å². The van der Waals surface area contributed by atoms with Gasteiger partial charge in [-0.2, -0.15) is 0 Å².